The zero-order valence-corrected chi connectivity index (χ0v) is 12.8. The van der Waals surface area contributed by atoms with E-state index in [2.05, 4.69) is 37.8 Å². The second-order valence-electron chi connectivity index (χ2n) is 5.16. The molecular weight excluding hydrogens is 236 g/mol. The second-order valence-corrected chi connectivity index (χ2v) is 5.16. The van der Waals surface area contributed by atoms with Crippen molar-refractivity contribution >= 4 is 0 Å². The molecule has 19 heavy (non-hydrogen) atoms. The minimum Gasteiger partial charge on any atom is -0.496 e. The monoisotopic (exact) mass is 260 g/mol. The van der Waals surface area contributed by atoms with Gasteiger partial charge in [-0.2, -0.15) is 5.26 Å². The van der Waals surface area contributed by atoms with Gasteiger partial charge in [-0.3, -0.25) is 0 Å². The molecule has 1 aromatic carbocycles. The summed E-state index contributed by atoms with van der Waals surface area (Å²) in [5, 5.41) is 9.37. The average Bonchev–Trinajstić information content (AvgIpc) is 2.39. The van der Waals surface area contributed by atoms with E-state index in [1.54, 1.807) is 7.11 Å². The fourth-order valence-corrected chi connectivity index (χ4v) is 2.60. The first-order valence-electron chi connectivity index (χ1n) is 6.68. The smallest absolute Gasteiger partial charge is 0.122 e. The zero-order chi connectivity index (χ0) is 14.6. The summed E-state index contributed by atoms with van der Waals surface area (Å²) in [7, 11) is 5.75. The molecule has 3 nitrogen and oxygen atoms in total. The Morgan fingerprint density at radius 1 is 1.26 bits per heavy atom. The Morgan fingerprint density at radius 2 is 1.89 bits per heavy atom. The van der Waals surface area contributed by atoms with Gasteiger partial charge in [0.2, 0.25) is 0 Å². The predicted molar refractivity (Wildman–Crippen MR) is 78.3 cm³/mol. The lowest BCUT2D eigenvalue weighted by Crippen LogP contribution is -2.27. The Morgan fingerprint density at radius 3 is 2.32 bits per heavy atom. The third kappa shape index (κ3) is 3.08. The first-order chi connectivity index (χ1) is 8.97. The van der Waals surface area contributed by atoms with E-state index in [1.165, 1.54) is 11.1 Å². The lowest BCUT2D eigenvalue weighted by molar-refractivity contribution is 0.240. The Balaban J connectivity index is 3.33. The maximum absolute atomic E-state index is 9.37. The van der Waals surface area contributed by atoms with Gasteiger partial charge in [0.15, 0.2) is 0 Å². The van der Waals surface area contributed by atoms with Crippen LogP contribution < -0.4 is 4.74 Å². The summed E-state index contributed by atoms with van der Waals surface area (Å²) >= 11 is 0. The van der Waals surface area contributed by atoms with Crippen LogP contribution in [0.2, 0.25) is 0 Å². The van der Waals surface area contributed by atoms with Crippen molar-refractivity contribution < 1.29 is 4.74 Å². The highest BCUT2D eigenvalue weighted by Crippen LogP contribution is 2.34. The molecule has 0 aromatic heterocycles. The Labute approximate surface area is 116 Å². The van der Waals surface area contributed by atoms with E-state index >= 15 is 0 Å². The summed E-state index contributed by atoms with van der Waals surface area (Å²) in [6.45, 7) is 6.24. The van der Waals surface area contributed by atoms with Crippen LogP contribution in [0.3, 0.4) is 0 Å². The number of nitrogens with zero attached hydrogens (tertiary/aromatic N) is 2. The van der Waals surface area contributed by atoms with E-state index < -0.39 is 0 Å². The maximum atomic E-state index is 9.37. The largest absolute Gasteiger partial charge is 0.496 e. The first-order valence-corrected chi connectivity index (χ1v) is 6.68. The Bertz CT molecular complexity index is 474. The molecule has 2 unspecified atom stereocenters. The molecule has 0 aliphatic heterocycles. The molecule has 104 valence electrons. The second kappa shape index (κ2) is 6.58. The summed E-state index contributed by atoms with van der Waals surface area (Å²) in [6.07, 6.45) is 0.851. The first kappa shape index (κ1) is 15.5. The minimum absolute atomic E-state index is 0.00138. The van der Waals surface area contributed by atoms with Crippen molar-refractivity contribution in [2.45, 2.75) is 33.2 Å². The molecule has 0 aliphatic carbocycles. The third-order valence-electron chi connectivity index (χ3n) is 3.86. The highest BCUT2D eigenvalue weighted by atomic mass is 16.5. The number of hydrogen-bond acceptors (Lipinski definition) is 3. The van der Waals surface area contributed by atoms with E-state index in [1.807, 2.05) is 20.2 Å². The van der Waals surface area contributed by atoms with Gasteiger partial charge < -0.3 is 9.64 Å². The van der Waals surface area contributed by atoms with Crippen molar-refractivity contribution in [1.29, 1.82) is 5.26 Å². The van der Waals surface area contributed by atoms with E-state index in [-0.39, 0.29) is 12.0 Å². The number of ether oxygens (including phenoxy) is 1. The quantitative estimate of drug-likeness (QED) is 0.813. The van der Waals surface area contributed by atoms with Crippen LogP contribution in [0.4, 0.5) is 0 Å². The average molecular weight is 260 g/mol. The molecule has 0 N–H and O–H groups in total. The normalized spacial score (nSPS) is 14.0. The molecule has 0 saturated heterocycles. The van der Waals surface area contributed by atoms with E-state index in [9.17, 15) is 5.26 Å². The summed E-state index contributed by atoms with van der Waals surface area (Å²) in [4.78, 5) is 2.13. The number of benzene rings is 1. The van der Waals surface area contributed by atoms with Crippen LogP contribution >= 0.6 is 0 Å². The molecule has 1 aromatic rings. The van der Waals surface area contributed by atoms with Crippen LogP contribution in [0.15, 0.2) is 12.1 Å². The molecule has 0 bridgehead atoms. The summed E-state index contributed by atoms with van der Waals surface area (Å²) < 4.78 is 5.36. The van der Waals surface area contributed by atoms with Crippen LogP contribution in [0.5, 0.6) is 5.75 Å². The molecule has 0 heterocycles. The zero-order valence-electron chi connectivity index (χ0n) is 12.8. The van der Waals surface area contributed by atoms with E-state index in [0.717, 1.165) is 17.7 Å². The molecular formula is C16H24N2O. The SMILES string of the molecule is CCC(C#N)C(c1ccc(OC)c(C)c1C)N(C)C. The standard InChI is InChI=1S/C16H24N2O/c1-7-13(10-17)16(18(4)5)14-8-9-15(19-6)12(3)11(14)2/h8-9,13,16H,7H2,1-6H3. The number of nitriles is 1. The number of hydrogen-bond donors (Lipinski definition) is 0. The fraction of sp³-hybridized carbons (Fsp3) is 0.562. The number of rotatable bonds is 5. The molecule has 0 aliphatic rings. The molecule has 3 heteroatoms. The topological polar surface area (TPSA) is 36.3 Å². The summed E-state index contributed by atoms with van der Waals surface area (Å²) in [5.41, 5.74) is 3.59. The van der Waals surface area contributed by atoms with Crippen molar-refractivity contribution in [2.75, 3.05) is 21.2 Å². The van der Waals surface area contributed by atoms with Crippen molar-refractivity contribution in [3.05, 3.63) is 28.8 Å². The lowest BCUT2D eigenvalue weighted by atomic mass is 9.87. The van der Waals surface area contributed by atoms with Crippen LogP contribution in [-0.4, -0.2) is 26.1 Å². The van der Waals surface area contributed by atoms with Gasteiger partial charge in [0, 0.05) is 0 Å². The van der Waals surface area contributed by atoms with Crippen molar-refractivity contribution in [2.24, 2.45) is 5.92 Å². The van der Waals surface area contributed by atoms with Gasteiger partial charge in [-0.15, -0.1) is 0 Å². The highest BCUT2D eigenvalue weighted by molar-refractivity contribution is 5.45. The summed E-state index contributed by atoms with van der Waals surface area (Å²) in [5.74, 6) is 0.908. The van der Waals surface area contributed by atoms with Crippen molar-refractivity contribution in [1.82, 2.24) is 4.90 Å². The number of methoxy groups -OCH3 is 1. The summed E-state index contributed by atoms with van der Waals surface area (Å²) in [6, 6.07) is 6.65. The predicted octanol–water partition coefficient (Wildman–Crippen LogP) is 3.46. The van der Waals surface area contributed by atoms with Gasteiger partial charge in [0.25, 0.3) is 0 Å². The van der Waals surface area contributed by atoms with Gasteiger partial charge in [-0.05, 0) is 57.1 Å². The Kier molecular flexibility index (Phi) is 5.38. The van der Waals surface area contributed by atoms with Gasteiger partial charge >= 0.3 is 0 Å². The van der Waals surface area contributed by atoms with Gasteiger partial charge in [0.05, 0.1) is 25.1 Å². The van der Waals surface area contributed by atoms with Crippen LogP contribution in [0.25, 0.3) is 0 Å². The lowest BCUT2D eigenvalue weighted by Gasteiger charge is -2.30. The molecule has 0 spiro atoms. The van der Waals surface area contributed by atoms with Gasteiger partial charge in [-0.25, -0.2) is 0 Å². The maximum Gasteiger partial charge on any atom is 0.122 e. The molecule has 0 saturated carbocycles. The minimum atomic E-state index is 0.00138. The van der Waals surface area contributed by atoms with E-state index in [0.29, 0.717) is 0 Å². The van der Waals surface area contributed by atoms with Crippen molar-refractivity contribution in [3.8, 4) is 11.8 Å². The van der Waals surface area contributed by atoms with Crippen LogP contribution in [0.1, 0.15) is 36.1 Å². The highest BCUT2D eigenvalue weighted by Gasteiger charge is 2.26. The van der Waals surface area contributed by atoms with Crippen molar-refractivity contribution in [3.63, 3.8) is 0 Å². The molecule has 0 radical (unpaired) electrons. The molecule has 0 fully saturated rings. The molecule has 1 rings (SSSR count). The van der Waals surface area contributed by atoms with Crippen LogP contribution in [-0.2, 0) is 0 Å². The van der Waals surface area contributed by atoms with Gasteiger partial charge in [-0.1, -0.05) is 13.0 Å². The van der Waals surface area contributed by atoms with Gasteiger partial charge in [0.1, 0.15) is 5.75 Å². The molecule has 0 amide bonds. The van der Waals surface area contributed by atoms with E-state index in [4.69, 9.17) is 4.74 Å². The Hall–Kier alpha value is -1.53. The molecule has 2 atom stereocenters. The third-order valence-corrected chi connectivity index (χ3v) is 3.86. The fourth-order valence-electron chi connectivity index (χ4n) is 2.60. The van der Waals surface area contributed by atoms with Crippen LogP contribution in [0, 0.1) is 31.1 Å².